The average molecular weight is 211 g/mol. The molecule has 0 saturated carbocycles. The predicted molar refractivity (Wildman–Crippen MR) is 56.8 cm³/mol. The number of ether oxygens (including phenoxy) is 1. The van der Waals surface area contributed by atoms with Crippen LogP contribution in [0.15, 0.2) is 4.99 Å². The molecule has 0 radical (unpaired) electrons. The first-order chi connectivity index (χ1) is 7.13. The highest BCUT2D eigenvalue weighted by molar-refractivity contribution is 6.06. The van der Waals surface area contributed by atoms with Crippen LogP contribution in [0.2, 0.25) is 0 Å². The topological polar surface area (TPSA) is 67.9 Å². The molecule has 0 aromatic carbocycles. The van der Waals surface area contributed by atoms with Crippen molar-refractivity contribution in [2.45, 2.75) is 38.3 Å². The molecular formula is C10H17N3O2. The molecule has 2 amide bonds. The first-order valence-corrected chi connectivity index (χ1v) is 5.40. The minimum absolute atomic E-state index is 0.0563. The molecule has 1 spiro atoms. The van der Waals surface area contributed by atoms with Crippen molar-refractivity contribution >= 4 is 11.9 Å². The van der Waals surface area contributed by atoms with Crippen LogP contribution in [-0.4, -0.2) is 41.6 Å². The predicted octanol–water partition coefficient (Wildman–Crippen LogP) is 0.737. The van der Waals surface area contributed by atoms with Gasteiger partial charge in [-0.2, -0.15) is 4.99 Å². The standard InChI is InChI=1S/C10H17N3O2/c1-3-5-13-9(14)12-8(11)10(13)4-6-15-7(10)2/h7H,3-6H2,1-2H3,(H2,11,12,14). The summed E-state index contributed by atoms with van der Waals surface area (Å²) < 4.78 is 5.53. The van der Waals surface area contributed by atoms with E-state index in [0.29, 0.717) is 19.0 Å². The Kier molecular flexibility index (Phi) is 2.42. The lowest BCUT2D eigenvalue weighted by Crippen LogP contribution is -2.58. The normalized spacial score (nSPS) is 35.3. The van der Waals surface area contributed by atoms with Crippen LogP contribution in [0.3, 0.4) is 0 Å². The summed E-state index contributed by atoms with van der Waals surface area (Å²) in [5.41, 5.74) is 5.42. The third kappa shape index (κ3) is 1.26. The van der Waals surface area contributed by atoms with E-state index in [4.69, 9.17) is 10.5 Å². The Hall–Kier alpha value is -1.10. The Bertz CT molecular complexity index is 316. The molecular weight excluding hydrogens is 194 g/mol. The molecule has 2 aliphatic rings. The van der Waals surface area contributed by atoms with Crippen LogP contribution in [-0.2, 0) is 4.74 Å². The molecule has 2 aliphatic heterocycles. The maximum atomic E-state index is 11.7. The van der Waals surface area contributed by atoms with E-state index in [-0.39, 0.29) is 12.1 Å². The molecule has 1 fully saturated rings. The van der Waals surface area contributed by atoms with Gasteiger partial charge in [-0.1, -0.05) is 6.92 Å². The SMILES string of the molecule is CCCN1C(=O)N=C(N)C12CCOC2C. The number of hydrogen-bond donors (Lipinski definition) is 1. The number of nitrogens with zero attached hydrogens (tertiary/aromatic N) is 2. The lowest BCUT2D eigenvalue weighted by atomic mass is 9.89. The van der Waals surface area contributed by atoms with Crippen LogP contribution in [0.1, 0.15) is 26.7 Å². The van der Waals surface area contributed by atoms with E-state index < -0.39 is 5.54 Å². The van der Waals surface area contributed by atoms with Gasteiger partial charge in [0.25, 0.3) is 0 Å². The molecule has 84 valence electrons. The van der Waals surface area contributed by atoms with Gasteiger partial charge in [-0.3, -0.25) is 0 Å². The van der Waals surface area contributed by atoms with E-state index >= 15 is 0 Å². The fourth-order valence-electron chi connectivity index (χ4n) is 2.51. The minimum atomic E-state index is -0.465. The van der Waals surface area contributed by atoms with Gasteiger partial charge < -0.3 is 15.4 Å². The van der Waals surface area contributed by atoms with Crippen molar-refractivity contribution in [3.8, 4) is 0 Å². The number of aliphatic imine (C=N–C) groups is 1. The van der Waals surface area contributed by atoms with Crippen LogP contribution in [0.25, 0.3) is 0 Å². The highest BCUT2D eigenvalue weighted by Crippen LogP contribution is 2.36. The number of amides is 2. The molecule has 2 N–H and O–H groups in total. The summed E-state index contributed by atoms with van der Waals surface area (Å²) in [4.78, 5) is 17.3. The summed E-state index contributed by atoms with van der Waals surface area (Å²) >= 11 is 0. The summed E-state index contributed by atoms with van der Waals surface area (Å²) in [6.45, 7) is 5.33. The molecule has 0 bridgehead atoms. The summed E-state index contributed by atoms with van der Waals surface area (Å²) in [6.07, 6.45) is 1.61. The number of rotatable bonds is 2. The van der Waals surface area contributed by atoms with E-state index in [9.17, 15) is 4.79 Å². The van der Waals surface area contributed by atoms with Gasteiger partial charge in [0, 0.05) is 19.6 Å². The quantitative estimate of drug-likeness (QED) is 0.732. The van der Waals surface area contributed by atoms with Crippen molar-refractivity contribution in [3.05, 3.63) is 0 Å². The second kappa shape index (κ2) is 3.48. The van der Waals surface area contributed by atoms with E-state index in [1.807, 2.05) is 13.8 Å². The van der Waals surface area contributed by atoms with Gasteiger partial charge in [0.2, 0.25) is 0 Å². The Balaban J connectivity index is 2.34. The zero-order valence-corrected chi connectivity index (χ0v) is 9.19. The Morgan fingerprint density at radius 1 is 1.73 bits per heavy atom. The van der Waals surface area contributed by atoms with Gasteiger partial charge in [-0.15, -0.1) is 0 Å². The molecule has 2 atom stereocenters. The molecule has 0 aliphatic carbocycles. The van der Waals surface area contributed by atoms with Gasteiger partial charge in [0.05, 0.1) is 6.10 Å². The molecule has 1 saturated heterocycles. The molecule has 15 heavy (non-hydrogen) atoms. The number of hydrogen-bond acceptors (Lipinski definition) is 3. The second-order valence-electron chi connectivity index (χ2n) is 4.12. The van der Waals surface area contributed by atoms with Crippen molar-refractivity contribution in [3.63, 3.8) is 0 Å². The number of carbonyl (C=O) groups is 1. The monoisotopic (exact) mass is 211 g/mol. The van der Waals surface area contributed by atoms with E-state index in [0.717, 1.165) is 12.8 Å². The number of nitrogens with two attached hydrogens (primary N) is 1. The largest absolute Gasteiger partial charge is 0.385 e. The van der Waals surface area contributed by atoms with Crippen LogP contribution in [0.5, 0.6) is 0 Å². The Morgan fingerprint density at radius 2 is 2.47 bits per heavy atom. The fourth-order valence-corrected chi connectivity index (χ4v) is 2.51. The summed E-state index contributed by atoms with van der Waals surface area (Å²) in [7, 11) is 0. The average Bonchev–Trinajstić information content (AvgIpc) is 2.66. The molecule has 5 nitrogen and oxygen atoms in total. The van der Waals surface area contributed by atoms with Gasteiger partial charge in [-0.25, -0.2) is 4.79 Å². The second-order valence-corrected chi connectivity index (χ2v) is 4.12. The summed E-state index contributed by atoms with van der Waals surface area (Å²) in [5, 5.41) is 0. The Labute approximate surface area is 89.3 Å². The Morgan fingerprint density at radius 3 is 3.00 bits per heavy atom. The van der Waals surface area contributed by atoms with Crippen molar-refractivity contribution in [1.82, 2.24) is 4.90 Å². The van der Waals surface area contributed by atoms with Gasteiger partial charge >= 0.3 is 6.03 Å². The maximum Gasteiger partial charge on any atom is 0.346 e. The van der Waals surface area contributed by atoms with E-state index in [2.05, 4.69) is 4.99 Å². The van der Waals surface area contributed by atoms with E-state index in [1.165, 1.54) is 0 Å². The number of amidine groups is 1. The van der Waals surface area contributed by atoms with Crippen LogP contribution in [0, 0.1) is 0 Å². The summed E-state index contributed by atoms with van der Waals surface area (Å²) in [5.74, 6) is 0.422. The smallest absolute Gasteiger partial charge is 0.346 e. The lowest BCUT2D eigenvalue weighted by Gasteiger charge is -2.36. The van der Waals surface area contributed by atoms with Gasteiger partial charge in [-0.05, 0) is 13.3 Å². The zero-order chi connectivity index (χ0) is 11.1. The zero-order valence-electron chi connectivity index (χ0n) is 9.19. The molecule has 5 heteroatoms. The highest BCUT2D eigenvalue weighted by Gasteiger charge is 2.55. The molecule has 0 aromatic rings. The molecule has 2 rings (SSSR count). The third-order valence-electron chi connectivity index (χ3n) is 3.34. The maximum absolute atomic E-state index is 11.7. The third-order valence-corrected chi connectivity index (χ3v) is 3.34. The molecule has 2 unspecified atom stereocenters. The van der Waals surface area contributed by atoms with Crippen molar-refractivity contribution in [1.29, 1.82) is 0 Å². The molecule has 0 aromatic heterocycles. The highest BCUT2D eigenvalue weighted by atomic mass is 16.5. The minimum Gasteiger partial charge on any atom is -0.385 e. The lowest BCUT2D eigenvalue weighted by molar-refractivity contribution is 0.0688. The fraction of sp³-hybridized carbons (Fsp3) is 0.800. The first-order valence-electron chi connectivity index (χ1n) is 5.40. The van der Waals surface area contributed by atoms with Crippen LogP contribution >= 0.6 is 0 Å². The van der Waals surface area contributed by atoms with Crippen LogP contribution in [0.4, 0.5) is 4.79 Å². The van der Waals surface area contributed by atoms with Gasteiger partial charge in [0.1, 0.15) is 11.4 Å². The van der Waals surface area contributed by atoms with Crippen LogP contribution < -0.4 is 5.73 Å². The summed E-state index contributed by atoms with van der Waals surface area (Å²) in [6, 6.07) is -0.216. The molecule has 2 heterocycles. The number of urea groups is 1. The van der Waals surface area contributed by atoms with Crippen molar-refractivity contribution in [2.24, 2.45) is 10.7 Å². The van der Waals surface area contributed by atoms with Crippen molar-refractivity contribution < 1.29 is 9.53 Å². The number of carbonyl (C=O) groups excluding carboxylic acids is 1. The van der Waals surface area contributed by atoms with Crippen molar-refractivity contribution in [2.75, 3.05) is 13.2 Å². The first kappa shape index (κ1) is 10.4. The van der Waals surface area contributed by atoms with Gasteiger partial charge in [0.15, 0.2) is 0 Å². The van der Waals surface area contributed by atoms with E-state index in [1.54, 1.807) is 4.90 Å².